The van der Waals surface area contributed by atoms with Crippen LogP contribution in [0.2, 0.25) is 5.02 Å². The minimum Gasteiger partial charge on any atom is -0.495 e. The van der Waals surface area contributed by atoms with Crippen LogP contribution in [0, 0.1) is 5.92 Å². The number of hydrogen-bond donors (Lipinski definition) is 0. The molecule has 1 atom stereocenters. The van der Waals surface area contributed by atoms with Crippen LogP contribution in [-0.4, -0.2) is 32.1 Å². The summed E-state index contributed by atoms with van der Waals surface area (Å²) in [6.45, 7) is 2.34. The Kier molecular flexibility index (Phi) is 4.49. The molecular formula is C14H16ClNO4. The first kappa shape index (κ1) is 14.7. The lowest BCUT2D eigenvalue weighted by Gasteiger charge is -2.19. The highest BCUT2D eigenvalue weighted by Crippen LogP contribution is 2.35. The van der Waals surface area contributed by atoms with E-state index in [0.29, 0.717) is 23.1 Å². The third-order valence-electron chi connectivity index (χ3n) is 3.18. The van der Waals surface area contributed by atoms with Crippen LogP contribution in [0.15, 0.2) is 18.2 Å². The average molecular weight is 298 g/mol. The summed E-state index contributed by atoms with van der Waals surface area (Å²) in [5, 5.41) is 0.508. The number of benzene rings is 1. The Labute approximate surface area is 122 Å². The summed E-state index contributed by atoms with van der Waals surface area (Å²) in [5.41, 5.74) is 0.580. The molecule has 0 spiro atoms. The van der Waals surface area contributed by atoms with E-state index >= 15 is 0 Å². The number of amides is 1. The number of halogens is 1. The second kappa shape index (κ2) is 6.13. The van der Waals surface area contributed by atoms with Crippen LogP contribution in [-0.2, 0) is 14.3 Å². The van der Waals surface area contributed by atoms with Gasteiger partial charge in [-0.05, 0) is 25.1 Å². The first-order chi connectivity index (χ1) is 9.56. The number of methoxy groups -OCH3 is 1. The van der Waals surface area contributed by atoms with Gasteiger partial charge in [0.25, 0.3) is 0 Å². The minimum atomic E-state index is -0.439. The first-order valence-electron chi connectivity index (χ1n) is 6.37. The lowest BCUT2D eigenvalue weighted by molar-refractivity contribution is -0.147. The largest absolute Gasteiger partial charge is 0.495 e. The lowest BCUT2D eigenvalue weighted by Crippen LogP contribution is -2.26. The molecule has 1 amide bonds. The smallest absolute Gasteiger partial charge is 0.311 e. The van der Waals surface area contributed by atoms with Crippen LogP contribution >= 0.6 is 11.6 Å². The lowest BCUT2D eigenvalue weighted by atomic mass is 10.1. The van der Waals surface area contributed by atoms with Crippen molar-refractivity contribution in [3.8, 4) is 5.75 Å². The Hall–Kier alpha value is -1.75. The Morgan fingerprint density at radius 2 is 2.25 bits per heavy atom. The van der Waals surface area contributed by atoms with E-state index in [-0.39, 0.29) is 24.8 Å². The van der Waals surface area contributed by atoms with Crippen molar-refractivity contribution < 1.29 is 19.1 Å². The van der Waals surface area contributed by atoms with Crippen LogP contribution in [0.3, 0.4) is 0 Å². The van der Waals surface area contributed by atoms with Crippen LogP contribution < -0.4 is 9.64 Å². The van der Waals surface area contributed by atoms with Gasteiger partial charge in [-0.25, -0.2) is 0 Å². The van der Waals surface area contributed by atoms with Gasteiger partial charge >= 0.3 is 5.97 Å². The molecule has 1 saturated heterocycles. The van der Waals surface area contributed by atoms with E-state index in [1.54, 1.807) is 25.1 Å². The molecule has 1 aliphatic heterocycles. The maximum Gasteiger partial charge on any atom is 0.311 e. The van der Waals surface area contributed by atoms with E-state index in [1.807, 2.05) is 0 Å². The maximum atomic E-state index is 12.1. The Balaban J connectivity index is 2.24. The van der Waals surface area contributed by atoms with Crippen molar-refractivity contribution in [1.29, 1.82) is 0 Å². The standard InChI is InChI=1S/C14H16ClNO4/c1-3-20-14(18)9-6-13(17)16(8-9)11-7-10(15)4-5-12(11)19-2/h4-5,7,9H,3,6,8H2,1-2H3. The molecular weight excluding hydrogens is 282 g/mol. The van der Waals surface area contributed by atoms with Gasteiger partial charge in [0.2, 0.25) is 5.91 Å². The number of nitrogens with zero attached hydrogens (tertiary/aromatic N) is 1. The predicted octanol–water partition coefficient (Wildman–Crippen LogP) is 2.26. The Morgan fingerprint density at radius 3 is 2.90 bits per heavy atom. The molecule has 1 heterocycles. The van der Waals surface area contributed by atoms with Gasteiger partial charge < -0.3 is 14.4 Å². The third-order valence-corrected chi connectivity index (χ3v) is 3.41. The molecule has 0 aliphatic carbocycles. The summed E-state index contributed by atoms with van der Waals surface area (Å²) in [4.78, 5) is 25.3. The van der Waals surface area contributed by atoms with Crippen LogP contribution in [0.25, 0.3) is 0 Å². The quantitative estimate of drug-likeness (QED) is 0.800. The van der Waals surface area contributed by atoms with Crippen molar-refractivity contribution in [2.24, 2.45) is 5.92 Å². The zero-order chi connectivity index (χ0) is 14.7. The van der Waals surface area contributed by atoms with Crippen molar-refractivity contribution in [2.45, 2.75) is 13.3 Å². The fourth-order valence-electron chi connectivity index (χ4n) is 2.23. The molecule has 0 saturated carbocycles. The summed E-state index contributed by atoms with van der Waals surface area (Å²) < 4.78 is 10.2. The molecule has 5 nitrogen and oxygen atoms in total. The predicted molar refractivity (Wildman–Crippen MR) is 75.1 cm³/mol. The number of anilines is 1. The van der Waals surface area contributed by atoms with Gasteiger partial charge in [-0.1, -0.05) is 11.6 Å². The van der Waals surface area contributed by atoms with Crippen LogP contribution in [0.4, 0.5) is 5.69 Å². The second-order valence-corrected chi connectivity index (χ2v) is 4.91. The highest BCUT2D eigenvalue weighted by atomic mass is 35.5. The molecule has 0 aromatic heterocycles. The molecule has 1 aromatic carbocycles. The molecule has 20 heavy (non-hydrogen) atoms. The summed E-state index contributed by atoms with van der Waals surface area (Å²) in [5.74, 6) is -0.369. The van der Waals surface area contributed by atoms with Crippen molar-refractivity contribution in [1.82, 2.24) is 0 Å². The van der Waals surface area contributed by atoms with Crippen LogP contribution in [0.5, 0.6) is 5.75 Å². The van der Waals surface area contributed by atoms with Gasteiger partial charge in [-0.15, -0.1) is 0 Å². The van der Waals surface area contributed by atoms with Gasteiger partial charge in [-0.2, -0.15) is 0 Å². The normalized spacial score (nSPS) is 18.2. The second-order valence-electron chi connectivity index (χ2n) is 4.47. The van der Waals surface area contributed by atoms with Crippen molar-refractivity contribution >= 4 is 29.2 Å². The molecule has 2 rings (SSSR count). The molecule has 1 fully saturated rings. The fourth-order valence-corrected chi connectivity index (χ4v) is 2.40. The van der Waals surface area contributed by atoms with E-state index in [2.05, 4.69) is 0 Å². The van der Waals surface area contributed by atoms with E-state index < -0.39 is 5.92 Å². The molecule has 0 radical (unpaired) electrons. The number of ether oxygens (including phenoxy) is 2. The highest BCUT2D eigenvalue weighted by molar-refractivity contribution is 6.31. The molecule has 0 bridgehead atoms. The number of esters is 1. The van der Waals surface area contributed by atoms with Crippen molar-refractivity contribution in [2.75, 3.05) is 25.2 Å². The summed E-state index contributed by atoms with van der Waals surface area (Å²) in [6, 6.07) is 5.04. The SMILES string of the molecule is CCOC(=O)C1CC(=O)N(c2cc(Cl)ccc2OC)C1. The van der Waals surface area contributed by atoms with Gasteiger partial charge in [0.1, 0.15) is 5.75 Å². The maximum absolute atomic E-state index is 12.1. The fraction of sp³-hybridized carbons (Fsp3) is 0.429. The highest BCUT2D eigenvalue weighted by Gasteiger charge is 2.37. The number of rotatable bonds is 4. The molecule has 1 aromatic rings. The topological polar surface area (TPSA) is 55.8 Å². The molecule has 6 heteroatoms. The Morgan fingerprint density at radius 1 is 1.50 bits per heavy atom. The van der Waals surface area contributed by atoms with Crippen molar-refractivity contribution in [3.63, 3.8) is 0 Å². The zero-order valence-corrected chi connectivity index (χ0v) is 12.1. The number of carbonyl (C=O) groups is 2. The summed E-state index contributed by atoms with van der Waals surface area (Å²) in [6.07, 6.45) is 0.147. The minimum absolute atomic E-state index is 0.136. The van der Waals surface area contributed by atoms with E-state index in [4.69, 9.17) is 21.1 Å². The molecule has 0 N–H and O–H groups in total. The van der Waals surface area contributed by atoms with Crippen molar-refractivity contribution in [3.05, 3.63) is 23.2 Å². The Bertz CT molecular complexity index is 532. The number of carbonyl (C=O) groups excluding carboxylic acids is 2. The van der Waals surface area contributed by atoms with E-state index in [1.165, 1.54) is 12.0 Å². The monoisotopic (exact) mass is 297 g/mol. The first-order valence-corrected chi connectivity index (χ1v) is 6.75. The molecule has 108 valence electrons. The average Bonchev–Trinajstić information content (AvgIpc) is 2.81. The summed E-state index contributed by atoms with van der Waals surface area (Å²) >= 11 is 5.96. The molecule has 1 unspecified atom stereocenters. The van der Waals surface area contributed by atoms with E-state index in [0.717, 1.165) is 0 Å². The zero-order valence-electron chi connectivity index (χ0n) is 11.4. The van der Waals surface area contributed by atoms with Gasteiger partial charge in [0, 0.05) is 18.0 Å². The van der Waals surface area contributed by atoms with Gasteiger partial charge in [-0.3, -0.25) is 9.59 Å². The number of hydrogen-bond acceptors (Lipinski definition) is 4. The molecule has 1 aliphatic rings. The van der Waals surface area contributed by atoms with Gasteiger partial charge in [0.05, 0.1) is 25.3 Å². The van der Waals surface area contributed by atoms with E-state index in [9.17, 15) is 9.59 Å². The van der Waals surface area contributed by atoms with Crippen LogP contribution in [0.1, 0.15) is 13.3 Å². The van der Waals surface area contributed by atoms with Gasteiger partial charge in [0.15, 0.2) is 0 Å². The third kappa shape index (κ3) is 2.88. The summed E-state index contributed by atoms with van der Waals surface area (Å²) in [7, 11) is 1.52.